The molecule has 4 heteroatoms. The number of rotatable bonds is 3. The Kier molecular flexibility index (Phi) is 3.28. The van der Waals surface area contributed by atoms with Crippen LogP contribution in [-0.2, 0) is 0 Å². The van der Waals surface area contributed by atoms with Gasteiger partial charge >= 0.3 is 0 Å². The first-order valence-electron chi connectivity index (χ1n) is 6.62. The van der Waals surface area contributed by atoms with Gasteiger partial charge in [0.25, 0.3) is 0 Å². The molecule has 0 unspecified atom stereocenters. The Hall–Kier alpha value is -2.88. The molecule has 1 aromatic heterocycles. The second kappa shape index (κ2) is 5.25. The minimum absolute atomic E-state index is 0.0610. The molecule has 0 aliphatic rings. The third kappa shape index (κ3) is 2.56. The molecule has 1 heterocycles. The lowest BCUT2D eigenvalue weighted by Gasteiger charge is -2.10. The smallest absolute Gasteiger partial charge is 0.153 e. The molecule has 2 aromatic carbocycles. The third-order valence-corrected chi connectivity index (χ3v) is 3.31. The van der Waals surface area contributed by atoms with Crippen molar-refractivity contribution >= 4 is 16.7 Å². The molecule has 3 aromatic rings. The van der Waals surface area contributed by atoms with E-state index in [9.17, 15) is 0 Å². The number of nitrogens with zero attached hydrogens (tertiary/aromatic N) is 1. The number of nitrogen functional groups attached to an aromatic ring is 1. The maximum Gasteiger partial charge on any atom is 0.153 e. The van der Waals surface area contributed by atoms with Gasteiger partial charge in [0.15, 0.2) is 5.75 Å². The van der Waals surface area contributed by atoms with Crippen LogP contribution in [0.2, 0.25) is 0 Å². The van der Waals surface area contributed by atoms with E-state index < -0.39 is 0 Å². The van der Waals surface area contributed by atoms with Gasteiger partial charge in [-0.25, -0.2) is 0 Å². The normalized spacial score (nSPS) is 10.5. The van der Waals surface area contributed by atoms with Crippen LogP contribution in [0.4, 0.5) is 0 Å². The number of nitrogens with one attached hydrogen (secondary N) is 1. The summed E-state index contributed by atoms with van der Waals surface area (Å²) in [7, 11) is 0. The van der Waals surface area contributed by atoms with Crippen LogP contribution < -0.4 is 10.5 Å². The maximum absolute atomic E-state index is 7.50. The Morgan fingerprint density at radius 1 is 1.14 bits per heavy atom. The highest BCUT2D eigenvalue weighted by molar-refractivity contribution is 5.96. The first kappa shape index (κ1) is 13.1. The molecule has 3 N–H and O–H groups in total. The van der Waals surface area contributed by atoms with Crippen LogP contribution in [0.15, 0.2) is 54.7 Å². The zero-order chi connectivity index (χ0) is 14.8. The molecule has 0 spiro atoms. The molecule has 0 saturated carbocycles. The molecule has 0 radical (unpaired) electrons. The number of ether oxygens (including phenoxy) is 1. The molecule has 0 bridgehead atoms. The largest absolute Gasteiger partial charge is 0.455 e. The van der Waals surface area contributed by atoms with Crippen LogP contribution in [0.5, 0.6) is 11.5 Å². The molecule has 3 rings (SSSR count). The highest BCUT2D eigenvalue weighted by atomic mass is 16.5. The Bertz CT molecular complexity index is 822. The molecule has 21 heavy (non-hydrogen) atoms. The van der Waals surface area contributed by atoms with E-state index in [0.29, 0.717) is 11.5 Å². The lowest BCUT2D eigenvalue weighted by molar-refractivity contribution is 0.487. The number of fused-ring (bicyclic) bond motifs is 1. The first-order valence-corrected chi connectivity index (χ1v) is 6.62. The highest BCUT2D eigenvalue weighted by Crippen LogP contribution is 2.29. The molecule has 0 aliphatic heterocycles. The Morgan fingerprint density at radius 3 is 2.71 bits per heavy atom. The van der Waals surface area contributed by atoms with Crippen LogP contribution in [-0.4, -0.2) is 10.8 Å². The molecule has 0 atom stereocenters. The topological polar surface area (TPSA) is 72.0 Å². The van der Waals surface area contributed by atoms with Crippen molar-refractivity contribution in [3.05, 3.63) is 65.9 Å². The van der Waals surface area contributed by atoms with Gasteiger partial charge in [0.2, 0.25) is 0 Å². The number of hydrogen-bond donors (Lipinski definition) is 2. The van der Waals surface area contributed by atoms with Gasteiger partial charge in [0.05, 0.1) is 0 Å². The summed E-state index contributed by atoms with van der Waals surface area (Å²) in [6, 6.07) is 15.2. The molecule has 104 valence electrons. The van der Waals surface area contributed by atoms with Crippen LogP contribution in [0.1, 0.15) is 11.1 Å². The summed E-state index contributed by atoms with van der Waals surface area (Å²) >= 11 is 0. The molecular formula is C17H15N3O. The summed E-state index contributed by atoms with van der Waals surface area (Å²) in [5, 5.41) is 8.54. The molecule has 4 nitrogen and oxygen atoms in total. The fourth-order valence-corrected chi connectivity index (χ4v) is 2.29. The summed E-state index contributed by atoms with van der Waals surface area (Å²) in [5.41, 5.74) is 7.98. The van der Waals surface area contributed by atoms with Gasteiger partial charge < -0.3 is 10.5 Å². The van der Waals surface area contributed by atoms with Crippen molar-refractivity contribution < 1.29 is 4.74 Å². The third-order valence-electron chi connectivity index (χ3n) is 3.31. The van der Waals surface area contributed by atoms with Crippen molar-refractivity contribution in [2.75, 3.05) is 0 Å². The standard InChI is InChI=1S/C17H15N3O/c1-11-10-13(7-8-14(11)17(18)19)21-15-6-2-4-12-5-3-9-20-16(12)15/h2-10H,1H3,(H3,18,19). The highest BCUT2D eigenvalue weighted by Gasteiger charge is 2.07. The summed E-state index contributed by atoms with van der Waals surface area (Å²) in [6.07, 6.45) is 1.75. The van der Waals surface area contributed by atoms with E-state index in [4.69, 9.17) is 15.9 Å². The first-order chi connectivity index (χ1) is 10.1. The van der Waals surface area contributed by atoms with Crippen LogP contribution in [0, 0.1) is 12.3 Å². The Labute approximate surface area is 122 Å². The maximum atomic E-state index is 7.50. The summed E-state index contributed by atoms with van der Waals surface area (Å²) in [4.78, 5) is 4.37. The average molecular weight is 277 g/mol. The van der Waals surface area contributed by atoms with Gasteiger partial charge in [-0.15, -0.1) is 0 Å². The number of nitrogens with two attached hydrogens (primary N) is 1. The van der Waals surface area contributed by atoms with Crippen LogP contribution >= 0.6 is 0 Å². The monoisotopic (exact) mass is 277 g/mol. The number of hydrogen-bond acceptors (Lipinski definition) is 3. The predicted octanol–water partition coefficient (Wildman–Crippen LogP) is 3.62. The van der Waals surface area contributed by atoms with Gasteiger partial charge in [-0.1, -0.05) is 18.2 Å². The second-order valence-corrected chi connectivity index (χ2v) is 4.82. The average Bonchev–Trinajstić information content (AvgIpc) is 2.47. The van der Waals surface area contributed by atoms with Gasteiger partial charge in [0, 0.05) is 17.1 Å². The van der Waals surface area contributed by atoms with Crippen molar-refractivity contribution in [1.82, 2.24) is 4.98 Å². The summed E-state index contributed by atoms with van der Waals surface area (Å²) in [5.74, 6) is 1.48. The van der Waals surface area contributed by atoms with Gasteiger partial charge in [-0.05, 0) is 42.8 Å². The van der Waals surface area contributed by atoms with E-state index in [1.54, 1.807) is 12.3 Å². The number of pyridine rings is 1. The van der Waals surface area contributed by atoms with Crippen LogP contribution in [0.3, 0.4) is 0 Å². The lowest BCUT2D eigenvalue weighted by atomic mass is 10.1. The fraction of sp³-hybridized carbons (Fsp3) is 0.0588. The summed E-state index contributed by atoms with van der Waals surface area (Å²) in [6.45, 7) is 1.91. The van der Waals surface area contributed by atoms with Crippen molar-refractivity contribution in [3.8, 4) is 11.5 Å². The van der Waals surface area contributed by atoms with Crippen molar-refractivity contribution in [3.63, 3.8) is 0 Å². The van der Waals surface area contributed by atoms with E-state index in [1.165, 1.54) is 0 Å². The molecule has 0 aliphatic carbocycles. The van der Waals surface area contributed by atoms with E-state index in [1.807, 2.05) is 49.4 Å². The second-order valence-electron chi connectivity index (χ2n) is 4.82. The van der Waals surface area contributed by atoms with E-state index in [0.717, 1.165) is 22.0 Å². The fourth-order valence-electron chi connectivity index (χ4n) is 2.29. The quantitative estimate of drug-likeness (QED) is 0.567. The van der Waals surface area contributed by atoms with E-state index in [-0.39, 0.29) is 5.84 Å². The molecule has 0 fully saturated rings. The number of aryl methyl sites for hydroxylation is 1. The molecule has 0 amide bonds. The number of benzene rings is 2. The Morgan fingerprint density at radius 2 is 1.95 bits per heavy atom. The van der Waals surface area contributed by atoms with Gasteiger partial charge in [-0.2, -0.15) is 0 Å². The minimum atomic E-state index is 0.0610. The predicted molar refractivity (Wildman–Crippen MR) is 84.0 cm³/mol. The van der Waals surface area contributed by atoms with Crippen LogP contribution in [0.25, 0.3) is 10.9 Å². The zero-order valence-electron chi connectivity index (χ0n) is 11.6. The van der Waals surface area contributed by atoms with E-state index >= 15 is 0 Å². The van der Waals surface area contributed by atoms with Gasteiger partial charge in [0.1, 0.15) is 17.1 Å². The molecular weight excluding hydrogens is 262 g/mol. The minimum Gasteiger partial charge on any atom is -0.455 e. The van der Waals surface area contributed by atoms with Crippen molar-refractivity contribution in [1.29, 1.82) is 5.41 Å². The number of aromatic nitrogens is 1. The summed E-state index contributed by atoms with van der Waals surface area (Å²) < 4.78 is 5.93. The van der Waals surface area contributed by atoms with Crippen molar-refractivity contribution in [2.24, 2.45) is 5.73 Å². The van der Waals surface area contributed by atoms with Gasteiger partial charge in [-0.3, -0.25) is 10.4 Å². The number of amidine groups is 1. The lowest BCUT2D eigenvalue weighted by Crippen LogP contribution is -2.12. The number of para-hydroxylation sites is 1. The zero-order valence-corrected chi connectivity index (χ0v) is 11.6. The van der Waals surface area contributed by atoms with E-state index in [2.05, 4.69) is 4.98 Å². The SMILES string of the molecule is Cc1cc(Oc2cccc3cccnc23)ccc1C(=N)N. The molecule has 0 saturated heterocycles. The Balaban J connectivity index is 1.99. The van der Waals surface area contributed by atoms with Crippen molar-refractivity contribution in [2.45, 2.75) is 6.92 Å².